The highest BCUT2D eigenvalue weighted by atomic mass is 16.3. The third kappa shape index (κ3) is 9.92. The Morgan fingerprint density at radius 3 is 2.47 bits per heavy atom. The fourth-order valence-electron chi connectivity index (χ4n) is 2.07. The average Bonchev–Trinajstić information content (AvgIpc) is 2.41. The second-order valence-electron chi connectivity index (χ2n) is 5.26. The lowest BCUT2D eigenvalue weighted by molar-refractivity contribution is 0.152. The number of aliphatic hydroxyl groups excluding tert-OH is 2. The maximum absolute atomic E-state index is 9.81. The van der Waals surface area contributed by atoms with Crippen molar-refractivity contribution in [3.05, 3.63) is 23.3 Å². The zero-order valence-electron chi connectivity index (χ0n) is 13.0. The Hall–Kier alpha value is -0.600. The average molecular weight is 268 g/mol. The SMILES string of the molecule is CCCCCC(O)CCC=CC(CCO)=C(C)CC. The smallest absolute Gasteiger partial charge is 0.0543 e. The van der Waals surface area contributed by atoms with Crippen LogP contribution in [0.2, 0.25) is 0 Å². The van der Waals surface area contributed by atoms with E-state index < -0.39 is 0 Å². The minimum absolute atomic E-state index is 0.159. The zero-order valence-corrected chi connectivity index (χ0v) is 13.0. The van der Waals surface area contributed by atoms with Crippen molar-refractivity contribution in [3.8, 4) is 0 Å². The molecule has 0 saturated heterocycles. The predicted molar refractivity (Wildman–Crippen MR) is 83.2 cm³/mol. The summed E-state index contributed by atoms with van der Waals surface area (Å²) in [6, 6.07) is 0. The van der Waals surface area contributed by atoms with E-state index in [4.69, 9.17) is 5.11 Å². The van der Waals surface area contributed by atoms with Gasteiger partial charge in [0.1, 0.15) is 0 Å². The van der Waals surface area contributed by atoms with Gasteiger partial charge >= 0.3 is 0 Å². The van der Waals surface area contributed by atoms with Crippen molar-refractivity contribution in [1.29, 1.82) is 0 Å². The first-order chi connectivity index (χ1) is 9.15. The first-order valence-corrected chi connectivity index (χ1v) is 7.79. The van der Waals surface area contributed by atoms with Gasteiger partial charge in [0.2, 0.25) is 0 Å². The second-order valence-corrected chi connectivity index (χ2v) is 5.26. The van der Waals surface area contributed by atoms with Crippen LogP contribution in [-0.2, 0) is 0 Å². The topological polar surface area (TPSA) is 40.5 Å². The Labute approximate surface area is 119 Å². The van der Waals surface area contributed by atoms with Gasteiger partial charge in [0.25, 0.3) is 0 Å². The van der Waals surface area contributed by atoms with Gasteiger partial charge in [-0.1, -0.05) is 50.8 Å². The molecular weight excluding hydrogens is 236 g/mol. The standard InChI is InChI=1S/C17H32O2/c1-4-6-7-11-17(19)12-9-8-10-16(13-14-18)15(3)5-2/h8,10,17-19H,4-7,9,11-14H2,1-3H3. The quantitative estimate of drug-likeness (QED) is 0.431. The molecule has 0 aromatic carbocycles. The lowest BCUT2D eigenvalue weighted by Gasteiger charge is -2.08. The minimum Gasteiger partial charge on any atom is -0.396 e. The molecule has 1 unspecified atom stereocenters. The van der Waals surface area contributed by atoms with E-state index in [2.05, 4.69) is 32.9 Å². The first-order valence-electron chi connectivity index (χ1n) is 7.79. The van der Waals surface area contributed by atoms with Crippen molar-refractivity contribution in [2.24, 2.45) is 0 Å². The maximum atomic E-state index is 9.81. The summed E-state index contributed by atoms with van der Waals surface area (Å²) in [5, 5.41) is 18.9. The van der Waals surface area contributed by atoms with Crippen LogP contribution < -0.4 is 0 Å². The second kappa shape index (κ2) is 12.4. The molecule has 0 aromatic rings. The molecule has 0 aliphatic rings. The molecule has 0 saturated carbocycles. The molecule has 2 N–H and O–H groups in total. The van der Waals surface area contributed by atoms with Gasteiger partial charge in [-0.05, 0) is 44.6 Å². The van der Waals surface area contributed by atoms with Gasteiger partial charge in [-0.25, -0.2) is 0 Å². The highest BCUT2D eigenvalue weighted by molar-refractivity contribution is 5.24. The van der Waals surface area contributed by atoms with Crippen molar-refractivity contribution >= 4 is 0 Å². The van der Waals surface area contributed by atoms with E-state index in [-0.39, 0.29) is 12.7 Å². The molecule has 2 heteroatoms. The van der Waals surface area contributed by atoms with Gasteiger partial charge in [0.15, 0.2) is 0 Å². The van der Waals surface area contributed by atoms with Gasteiger partial charge in [-0.2, -0.15) is 0 Å². The van der Waals surface area contributed by atoms with Gasteiger partial charge in [-0.15, -0.1) is 0 Å². The number of hydrogen-bond acceptors (Lipinski definition) is 2. The van der Waals surface area contributed by atoms with Crippen molar-refractivity contribution in [2.75, 3.05) is 6.61 Å². The van der Waals surface area contributed by atoms with Crippen LogP contribution in [0.5, 0.6) is 0 Å². The molecule has 19 heavy (non-hydrogen) atoms. The lowest BCUT2D eigenvalue weighted by atomic mass is 10.0. The number of aliphatic hydroxyl groups is 2. The molecule has 0 amide bonds. The van der Waals surface area contributed by atoms with E-state index in [1.807, 2.05) is 0 Å². The van der Waals surface area contributed by atoms with Crippen LogP contribution in [0.15, 0.2) is 23.3 Å². The van der Waals surface area contributed by atoms with Crippen LogP contribution in [0, 0.1) is 0 Å². The molecule has 0 spiro atoms. The van der Waals surface area contributed by atoms with Gasteiger partial charge in [0.05, 0.1) is 6.10 Å². The Kier molecular flexibility index (Phi) is 12.0. The summed E-state index contributed by atoms with van der Waals surface area (Å²) in [6.45, 7) is 6.64. The summed E-state index contributed by atoms with van der Waals surface area (Å²) in [5.74, 6) is 0. The van der Waals surface area contributed by atoms with Crippen molar-refractivity contribution in [2.45, 2.75) is 78.2 Å². The van der Waals surface area contributed by atoms with Crippen LogP contribution in [0.3, 0.4) is 0 Å². The van der Waals surface area contributed by atoms with E-state index in [1.54, 1.807) is 0 Å². The summed E-state index contributed by atoms with van der Waals surface area (Å²) >= 11 is 0. The summed E-state index contributed by atoms with van der Waals surface area (Å²) < 4.78 is 0. The zero-order chi connectivity index (χ0) is 14.5. The van der Waals surface area contributed by atoms with Crippen molar-refractivity contribution in [1.82, 2.24) is 0 Å². The highest BCUT2D eigenvalue weighted by Crippen LogP contribution is 2.14. The van der Waals surface area contributed by atoms with E-state index in [9.17, 15) is 5.11 Å². The monoisotopic (exact) mass is 268 g/mol. The van der Waals surface area contributed by atoms with Crippen LogP contribution in [-0.4, -0.2) is 22.9 Å². The van der Waals surface area contributed by atoms with E-state index in [1.165, 1.54) is 24.0 Å². The van der Waals surface area contributed by atoms with Crippen molar-refractivity contribution < 1.29 is 10.2 Å². The van der Waals surface area contributed by atoms with Gasteiger partial charge < -0.3 is 10.2 Å². The van der Waals surface area contributed by atoms with Gasteiger partial charge in [0, 0.05) is 6.61 Å². The molecule has 1 atom stereocenters. The molecule has 0 bridgehead atoms. The molecule has 0 aromatic heterocycles. The highest BCUT2D eigenvalue weighted by Gasteiger charge is 2.02. The summed E-state index contributed by atoms with van der Waals surface area (Å²) in [4.78, 5) is 0. The van der Waals surface area contributed by atoms with Gasteiger partial charge in [-0.3, -0.25) is 0 Å². The third-order valence-electron chi connectivity index (χ3n) is 3.59. The molecular formula is C17H32O2. The maximum Gasteiger partial charge on any atom is 0.0543 e. The fourth-order valence-corrected chi connectivity index (χ4v) is 2.07. The van der Waals surface area contributed by atoms with Crippen LogP contribution in [0.1, 0.15) is 72.1 Å². The molecule has 2 nitrogen and oxygen atoms in total. The summed E-state index contributed by atoms with van der Waals surface area (Å²) in [5.41, 5.74) is 2.58. The Morgan fingerprint density at radius 2 is 1.89 bits per heavy atom. The summed E-state index contributed by atoms with van der Waals surface area (Å²) in [6.07, 6.45) is 12.1. The number of hydrogen-bond donors (Lipinski definition) is 2. The van der Waals surface area contributed by atoms with Crippen LogP contribution in [0.25, 0.3) is 0 Å². The van der Waals surface area contributed by atoms with Crippen LogP contribution in [0.4, 0.5) is 0 Å². The molecule has 0 rings (SSSR count). The van der Waals surface area contributed by atoms with E-state index >= 15 is 0 Å². The predicted octanol–water partition coefficient (Wildman–Crippen LogP) is 4.37. The minimum atomic E-state index is -0.159. The lowest BCUT2D eigenvalue weighted by Crippen LogP contribution is -2.05. The number of rotatable bonds is 11. The Balaban J connectivity index is 3.99. The molecule has 0 aliphatic heterocycles. The molecule has 112 valence electrons. The Bertz CT molecular complexity index is 266. The largest absolute Gasteiger partial charge is 0.396 e. The van der Waals surface area contributed by atoms with Crippen molar-refractivity contribution in [3.63, 3.8) is 0 Å². The number of allylic oxidation sites excluding steroid dienone is 3. The first kappa shape index (κ1) is 18.4. The summed E-state index contributed by atoms with van der Waals surface area (Å²) in [7, 11) is 0. The van der Waals surface area contributed by atoms with E-state index in [0.29, 0.717) is 0 Å². The van der Waals surface area contributed by atoms with E-state index in [0.717, 1.165) is 38.5 Å². The fraction of sp³-hybridized carbons (Fsp3) is 0.765. The van der Waals surface area contributed by atoms with Crippen LogP contribution >= 0.6 is 0 Å². The molecule has 0 heterocycles. The number of unbranched alkanes of at least 4 members (excludes halogenated alkanes) is 2. The molecule has 0 fully saturated rings. The Morgan fingerprint density at radius 1 is 1.16 bits per heavy atom. The normalized spacial score (nSPS) is 14.8. The molecule has 0 aliphatic carbocycles. The molecule has 0 radical (unpaired) electrons. The third-order valence-corrected chi connectivity index (χ3v) is 3.59.